The van der Waals surface area contributed by atoms with Gasteiger partial charge < -0.3 is 19.9 Å². The molecule has 0 amide bonds. The summed E-state index contributed by atoms with van der Waals surface area (Å²) in [6, 6.07) is 12.6. The molecule has 2 N–H and O–H groups in total. The van der Waals surface area contributed by atoms with Crippen LogP contribution in [0.3, 0.4) is 0 Å². The Morgan fingerprint density at radius 3 is 2.54 bits per heavy atom. The van der Waals surface area contributed by atoms with Gasteiger partial charge in [0.15, 0.2) is 21.3 Å². The van der Waals surface area contributed by atoms with Crippen LogP contribution in [0.2, 0.25) is 0 Å². The van der Waals surface area contributed by atoms with Crippen LogP contribution in [0.15, 0.2) is 47.4 Å². The van der Waals surface area contributed by atoms with Crippen molar-refractivity contribution in [1.82, 2.24) is 0 Å². The molecule has 7 heteroatoms. The van der Waals surface area contributed by atoms with Gasteiger partial charge in [0.25, 0.3) is 0 Å². The third-order valence-corrected chi connectivity index (χ3v) is 8.11. The summed E-state index contributed by atoms with van der Waals surface area (Å²) in [5.74, 6) is 1.05. The highest BCUT2D eigenvalue weighted by molar-refractivity contribution is 7.92. The molecule has 1 fully saturated rings. The molecule has 1 heterocycles. The Hall–Kier alpha value is -2.09. The second kappa shape index (κ2) is 7.06. The minimum absolute atomic E-state index is 0.176. The number of hydrogen-bond acceptors (Lipinski definition) is 6. The minimum atomic E-state index is -3.58. The highest BCUT2D eigenvalue weighted by atomic mass is 32.2. The quantitative estimate of drug-likeness (QED) is 0.765. The van der Waals surface area contributed by atoms with Crippen molar-refractivity contribution in [3.05, 3.63) is 53.6 Å². The highest BCUT2D eigenvalue weighted by Crippen LogP contribution is 2.64. The summed E-state index contributed by atoms with van der Waals surface area (Å²) in [6.45, 7) is 5.03. The average molecular weight is 404 g/mol. The molecule has 0 aromatic heterocycles. The number of aryl methyl sites for hydroxylation is 1. The zero-order valence-corrected chi connectivity index (χ0v) is 16.9. The fourth-order valence-electron chi connectivity index (χ4n) is 4.20. The van der Waals surface area contributed by atoms with Crippen molar-refractivity contribution < 1.29 is 22.6 Å². The van der Waals surface area contributed by atoms with E-state index in [0.717, 1.165) is 11.1 Å². The maximum absolute atomic E-state index is 13.5. The monoisotopic (exact) mass is 403 g/mol. The third-order valence-electron chi connectivity index (χ3n) is 5.77. The molecular weight excluding hydrogens is 378 g/mol. The van der Waals surface area contributed by atoms with E-state index in [1.165, 1.54) is 0 Å². The van der Waals surface area contributed by atoms with Gasteiger partial charge in [-0.25, -0.2) is 8.42 Å². The zero-order chi connectivity index (χ0) is 19.9. The van der Waals surface area contributed by atoms with Gasteiger partial charge in [-0.15, -0.1) is 0 Å². The van der Waals surface area contributed by atoms with Crippen LogP contribution in [-0.2, 0) is 14.6 Å². The SMILES string of the molecule is CCOC[C@@]1(CN)[C@H](S(=O)(=O)c2ccc(C)cc2)[C@@H]1c1ccc2c(c1)OCO2. The first-order chi connectivity index (χ1) is 13.4. The van der Waals surface area contributed by atoms with E-state index < -0.39 is 20.5 Å². The molecule has 0 spiro atoms. The molecular formula is C21H25NO5S. The summed E-state index contributed by atoms with van der Waals surface area (Å²) in [4.78, 5) is 0.320. The Balaban J connectivity index is 1.75. The van der Waals surface area contributed by atoms with Gasteiger partial charge in [-0.1, -0.05) is 23.8 Å². The summed E-state index contributed by atoms with van der Waals surface area (Å²) in [5.41, 5.74) is 7.38. The minimum Gasteiger partial charge on any atom is -0.454 e. The number of nitrogens with two attached hydrogens (primary N) is 1. The molecule has 2 aliphatic rings. The number of sulfone groups is 1. The number of benzene rings is 2. The van der Waals surface area contributed by atoms with E-state index in [2.05, 4.69) is 0 Å². The van der Waals surface area contributed by atoms with Crippen molar-refractivity contribution in [1.29, 1.82) is 0 Å². The van der Waals surface area contributed by atoms with Crippen LogP contribution in [0.1, 0.15) is 24.0 Å². The van der Waals surface area contributed by atoms with Crippen LogP contribution in [-0.4, -0.2) is 40.2 Å². The summed E-state index contributed by atoms with van der Waals surface area (Å²) in [5, 5.41) is -0.639. The number of ether oxygens (including phenoxy) is 3. The van der Waals surface area contributed by atoms with Gasteiger partial charge >= 0.3 is 0 Å². The summed E-state index contributed by atoms with van der Waals surface area (Å²) >= 11 is 0. The molecule has 1 aliphatic heterocycles. The summed E-state index contributed by atoms with van der Waals surface area (Å²) in [7, 11) is -3.58. The van der Waals surface area contributed by atoms with E-state index in [4.69, 9.17) is 19.9 Å². The van der Waals surface area contributed by atoms with Crippen LogP contribution < -0.4 is 15.2 Å². The van der Waals surface area contributed by atoms with Crippen LogP contribution in [0.5, 0.6) is 11.5 Å². The van der Waals surface area contributed by atoms with Gasteiger partial charge in [-0.2, -0.15) is 0 Å². The molecule has 2 aromatic rings. The normalized spacial score (nSPS) is 25.7. The summed E-state index contributed by atoms with van der Waals surface area (Å²) in [6.07, 6.45) is 0. The topological polar surface area (TPSA) is 87.9 Å². The lowest BCUT2D eigenvalue weighted by Gasteiger charge is -2.16. The number of rotatable bonds is 7. The first-order valence-electron chi connectivity index (χ1n) is 9.42. The van der Waals surface area contributed by atoms with E-state index in [9.17, 15) is 8.42 Å². The molecule has 1 saturated carbocycles. The lowest BCUT2D eigenvalue weighted by atomic mass is 9.99. The summed E-state index contributed by atoms with van der Waals surface area (Å²) < 4.78 is 43.5. The molecule has 4 rings (SSSR count). The lowest BCUT2D eigenvalue weighted by Crippen LogP contribution is -2.29. The molecule has 1 aliphatic carbocycles. The average Bonchev–Trinajstić information content (AvgIpc) is 3.15. The Morgan fingerprint density at radius 2 is 1.86 bits per heavy atom. The van der Waals surface area contributed by atoms with Gasteiger partial charge in [0.1, 0.15) is 0 Å². The van der Waals surface area contributed by atoms with Crippen LogP contribution in [0.4, 0.5) is 0 Å². The van der Waals surface area contributed by atoms with Crippen molar-refractivity contribution in [2.24, 2.45) is 11.1 Å². The third kappa shape index (κ3) is 2.98. The number of fused-ring (bicyclic) bond motifs is 1. The van der Waals surface area contributed by atoms with Gasteiger partial charge in [0, 0.05) is 24.5 Å². The van der Waals surface area contributed by atoms with Crippen molar-refractivity contribution in [2.45, 2.75) is 29.9 Å². The highest BCUT2D eigenvalue weighted by Gasteiger charge is 2.70. The van der Waals surface area contributed by atoms with Gasteiger partial charge in [-0.3, -0.25) is 0 Å². The maximum Gasteiger partial charge on any atom is 0.231 e. The fraction of sp³-hybridized carbons (Fsp3) is 0.429. The largest absolute Gasteiger partial charge is 0.454 e. The molecule has 0 saturated heterocycles. The van der Waals surface area contributed by atoms with Crippen LogP contribution in [0.25, 0.3) is 0 Å². The van der Waals surface area contributed by atoms with E-state index in [1.54, 1.807) is 12.1 Å². The molecule has 0 radical (unpaired) electrons. The predicted octanol–water partition coefficient (Wildman–Crippen LogP) is 2.65. The Morgan fingerprint density at radius 1 is 1.14 bits per heavy atom. The molecule has 3 atom stereocenters. The second-order valence-electron chi connectivity index (χ2n) is 7.44. The number of hydrogen-bond donors (Lipinski definition) is 1. The molecule has 28 heavy (non-hydrogen) atoms. The standard InChI is InChI=1S/C21H25NO5S/c1-3-25-12-21(11-22)19(15-6-9-17-18(10-15)27-13-26-17)20(21)28(23,24)16-7-4-14(2)5-8-16/h4-10,19-20H,3,11-13,22H2,1-2H3/t19-,20+,21+/m0/s1. The van der Waals surface area contributed by atoms with E-state index >= 15 is 0 Å². The molecule has 2 aromatic carbocycles. The van der Waals surface area contributed by atoms with E-state index in [-0.39, 0.29) is 19.3 Å². The van der Waals surface area contributed by atoms with Crippen LogP contribution >= 0.6 is 0 Å². The van der Waals surface area contributed by atoms with Gasteiger partial charge in [0.2, 0.25) is 6.79 Å². The van der Waals surface area contributed by atoms with Crippen molar-refractivity contribution in [3.8, 4) is 11.5 Å². The molecule has 6 nitrogen and oxygen atoms in total. The van der Waals surface area contributed by atoms with E-state index in [1.807, 2.05) is 44.2 Å². The van der Waals surface area contributed by atoms with Crippen molar-refractivity contribution in [3.63, 3.8) is 0 Å². The lowest BCUT2D eigenvalue weighted by molar-refractivity contribution is 0.101. The zero-order valence-electron chi connectivity index (χ0n) is 16.1. The smallest absolute Gasteiger partial charge is 0.231 e. The predicted molar refractivity (Wildman–Crippen MR) is 105 cm³/mol. The first kappa shape index (κ1) is 19.2. The Kier molecular flexibility index (Phi) is 4.85. The van der Waals surface area contributed by atoms with E-state index in [0.29, 0.717) is 29.6 Å². The fourth-order valence-corrected chi connectivity index (χ4v) is 6.64. The van der Waals surface area contributed by atoms with Gasteiger partial charge in [-0.05, 0) is 43.7 Å². The Labute approximate surface area is 165 Å². The Bertz CT molecular complexity index is 973. The molecule has 0 bridgehead atoms. The van der Waals surface area contributed by atoms with Crippen LogP contribution in [0, 0.1) is 12.3 Å². The maximum atomic E-state index is 13.5. The van der Waals surface area contributed by atoms with Gasteiger partial charge in [0.05, 0.1) is 16.8 Å². The molecule has 150 valence electrons. The first-order valence-corrected chi connectivity index (χ1v) is 11.0. The second-order valence-corrected chi connectivity index (χ2v) is 9.51. The van der Waals surface area contributed by atoms with Crippen molar-refractivity contribution >= 4 is 9.84 Å². The van der Waals surface area contributed by atoms with Crippen molar-refractivity contribution in [2.75, 3.05) is 26.6 Å². The molecule has 0 unspecified atom stereocenters.